The Hall–Kier alpha value is -6.94. The molecule has 0 saturated heterocycles. The number of aromatic carboxylic acids is 1. The van der Waals surface area contributed by atoms with Crippen molar-refractivity contribution in [1.29, 1.82) is 0 Å². The first kappa shape index (κ1) is 32.9. The second-order valence-electron chi connectivity index (χ2n) is 13.9. The normalized spacial score (nSPS) is 13.6. The van der Waals surface area contributed by atoms with Gasteiger partial charge < -0.3 is 30.1 Å². The number of benzene rings is 5. The summed E-state index contributed by atoms with van der Waals surface area (Å²) in [6, 6.07) is 29.6. The van der Waals surface area contributed by atoms with Gasteiger partial charge in [-0.1, -0.05) is 37.5 Å². The predicted octanol–water partition coefficient (Wildman–Crippen LogP) is 9.83. The zero-order chi connectivity index (χ0) is 37.1. The van der Waals surface area contributed by atoms with Crippen LogP contribution < -0.4 is 0 Å². The van der Waals surface area contributed by atoms with Gasteiger partial charge in [0.1, 0.15) is 28.8 Å². The summed E-state index contributed by atoms with van der Waals surface area (Å²) in [5.41, 5.74) is 6.56. The number of hydrogen-bond donors (Lipinski definition) is 5. The van der Waals surface area contributed by atoms with E-state index in [1.807, 2.05) is 66.7 Å². The van der Waals surface area contributed by atoms with Gasteiger partial charge in [-0.15, -0.1) is 0 Å². The van der Waals surface area contributed by atoms with Crippen LogP contribution in [0.2, 0.25) is 0 Å². The number of hydrogen-bond acceptors (Lipinski definition) is 8. The summed E-state index contributed by atoms with van der Waals surface area (Å²) in [4.78, 5) is 28.1. The fraction of sp³-hybridized carbons (Fsp3) is 0.136. The Morgan fingerprint density at radius 3 is 2.00 bits per heavy atom. The molecule has 0 bridgehead atoms. The van der Waals surface area contributed by atoms with E-state index in [1.165, 1.54) is 24.3 Å². The van der Waals surface area contributed by atoms with E-state index in [9.17, 15) is 30.3 Å². The molecule has 1 aliphatic rings. The van der Waals surface area contributed by atoms with Gasteiger partial charge in [0.2, 0.25) is 0 Å². The maximum absolute atomic E-state index is 13.4. The molecular weight excluding hydrogens is 681 g/mol. The van der Waals surface area contributed by atoms with Crippen LogP contribution in [0.3, 0.4) is 0 Å². The molecule has 8 aromatic rings. The monoisotopic (exact) mass is 714 g/mol. The lowest BCUT2D eigenvalue weighted by atomic mass is 9.89. The van der Waals surface area contributed by atoms with Crippen molar-refractivity contribution in [2.75, 3.05) is 0 Å². The van der Waals surface area contributed by atoms with Gasteiger partial charge in [-0.3, -0.25) is 4.98 Å². The fourth-order valence-electron chi connectivity index (χ4n) is 8.02. The molecule has 10 nitrogen and oxygen atoms in total. The molecule has 5 aromatic carbocycles. The Labute approximate surface area is 308 Å². The Kier molecular flexibility index (Phi) is 7.88. The molecule has 10 heteroatoms. The van der Waals surface area contributed by atoms with Crippen LogP contribution in [0, 0.1) is 0 Å². The molecule has 1 aliphatic carbocycles. The van der Waals surface area contributed by atoms with Gasteiger partial charge in [-0.05, 0) is 102 Å². The Bertz CT molecular complexity index is 2760. The van der Waals surface area contributed by atoms with Crippen molar-refractivity contribution in [3.8, 4) is 67.9 Å². The summed E-state index contributed by atoms with van der Waals surface area (Å²) in [6.07, 6.45) is 6.79. The highest BCUT2D eigenvalue weighted by Gasteiger charge is 2.29. The third-order valence-electron chi connectivity index (χ3n) is 10.4. The number of fused-ring (bicyclic) bond motifs is 3. The van der Waals surface area contributed by atoms with Crippen LogP contribution >= 0.6 is 0 Å². The van der Waals surface area contributed by atoms with E-state index in [1.54, 1.807) is 18.3 Å². The summed E-state index contributed by atoms with van der Waals surface area (Å²) in [5.74, 6) is -0.962. The highest BCUT2D eigenvalue weighted by Crippen LogP contribution is 2.45. The number of carboxylic acids is 1. The predicted molar refractivity (Wildman–Crippen MR) is 208 cm³/mol. The minimum atomic E-state index is -1.17. The highest BCUT2D eigenvalue weighted by molar-refractivity contribution is 6.12. The van der Waals surface area contributed by atoms with Gasteiger partial charge >= 0.3 is 5.97 Å². The molecule has 266 valence electrons. The Morgan fingerprint density at radius 2 is 1.28 bits per heavy atom. The van der Waals surface area contributed by atoms with Crippen LogP contribution in [-0.4, -0.2) is 51.0 Å². The smallest absolute Gasteiger partial charge is 0.337 e. The second kappa shape index (κ2) is 12.9. The largest absolute Gasteiger partial charge is 0.508 e. The summed E-state index contributed by atoms with van der Waals surface area (Å²) in [6.45, 7) is 0. The van der Waals surface area contributed by atoms with Crippen molar-refractivity contribution in [2.24, 2.45) is 0 Å². The second-order valence-corrected chi connectivity index (χ2v) is 13.9. The number of pyridine rings is 2. The minimum absolute atomic E-state index is 0.00353. The molecule has 0 atom stereocenters. The zero-order valence-corrected chi connectivity index (χ0v) is 28.9. The van der Waals surface area contributed by atoms with Crippen molar-refractivity contribution in [3.05, 3.63) is 115 Å². The molecule has 1 saturated carbocycles. The van der Waals surface area contributed by atoms with Gasteiger partial charge in [-0.25, -0.2) is 14.8 Å². The van der Waals surface area contributed by atoms with E-state index in [0.717, 1.165) is 59.5 Å². The van der Waals surface area contributed by atoms with Crippen LogP contribution in [0.15, 0.2) is 109 Å². The minimum Gasteiger partial charge on any atom is -0.508 e. The van der Waals surface area contributed by atoms with E-state index in [0.29, 0.717) is 50.4 Å². The van der Waals surface area contributed by atoms with Gasteiger partial charge in [0, 0.05) is 51.8 Å². The number of phenolic OH excluding ortho intramolecular Hbond substituents is 4. The quantitative estimate of drug-likeness (QED) is 0.113. The van der Waals surface area contributed by atoms with Crippen molar-refractivity contribution in [1.82, 2.24) is 19.5 Å². The molecule has 0 unspecified atom stereocenters. The summed E-state index contributed by atoms with van der Waals surface area (Å²) in [5, 5.41) is 53.9. The average molecular weight is 715 g/mol. The Balaban J connectivity index is 1.33. The van der Waals surface area contributed by atoms with E-state index in [2.05, 4.69) is 9.55 Å². The first-order valence-electron chi connectivity index (χ1n) is 17.9. The lowest BCUT2D eigenvalue weighted by molar-refractivity contribution is 0.0698. The highest BCUT2D eigenvalue weighted by atomic mass is 16.4. The van der Waals surface area contributed by atoms with Crippen LogP contribution in [0.5, 0.6) is 23.0 Å². The van der Waals surface area contributed by atoms with E-state index in [-0.39, 0.29) is 34.6 Å². The molecule has 3 aromatic heterocycles. The number of aromatic hydroxyl groups is 4. The Morgan fingerprint density at radius 1 is 0.630 bits per heavy atom. The number of imidazole rings is 1. The molecule has 9 rings (SSSR count). The molecular formula is C44H34N4O6. The van der Waals surface area contributed by atoms with Gasteiger partial charge in [0.25, 0.3) is 0 Å². The topological polar surface area (TPSA) is 162 Å². The average Bonchev–Trinajstić information content (AvgIpc) is 3.55. The number of rotatable bonds is 6. The molecule has 0 amide bonds. The van der Waals surface area contributed by atoms with E-state index < -0.39 is 5.97 Å². The standard InChI is InChI=1S/C44H34N4O6/c49-31-17-28(18-32(50)21-31)35-23-39-42(40(41(35)44(53)54)26-9-11-36-24(15-26)5-4-14-45-36)47-43(48(39)30-6-2-1-3-7-30)27-10-13-37-25(16-27)8-12-38(46-37)29-19-33(51)22-34(52)20-29/h4-5,8-23,30,49-52H,1-3,6-7H2,(H,53,54). The summed E-state index contributed by atoms with van der Waals surface area (Å²) in [7, 11) is 0. The number of phenols is 4. The summed E-state index contributed by atoms with van der Waals surface area (Å²) >= 11 is 0. The fourth-order valence-corrected chi connectivity index (χ4v) is 8.02. The van der Waals surface area contributed by atoms with Crippen LogP contribution in [0.25, 0.3) is 77.7 Å². The molecule has 1 fully saturated rings. The number of aromatic nitrogens is 4. The summed E-state index contributed by atoms with van der Waals surface area (Å²) < 4.78 is 2.25. The van der Waals surface area contributed by atoms with Crippen LogP contribution in [-0.2, 0) is 0 Å². The maximum atomic E-state index is 13.4. The van der Waals surface area contributed by atoms with E-state index in [4.69, 9.17) is 9.97 Å². The number of nitrogens with zero attached hydrogens (tertiary/aromatic N) is 4. The lowest BCUT2D eigenvalue weighted by Gasteiger charge is -2.26. The number of carboxylic acid groups (broad SMARTS) is 1. The molecule has 0 spiro atoms. The molecule has 54 heavy (non-hydrogen) atoms. The van der Waals surface area contributed by atoms with Gasteiger partial charge in [-0.2, -0.15) is 0 Å². The van der Waals surface area contributed by atoms with Crippen molar-refractivity contribution in [3.63, 3.8) is 0 Å². The molecule has 0 aliphatic heterocycles. The van der Waals surface area contributed by atoms with Crippen molar-refractivity contribution in [2.45, 2.75) is 38.1 Å². The SMILES string of the molecule is O=C(O)c1c(-c2cc(O)cc(O)c2)cc2c(nc(-c3ccc4nc(-c5cc(O)cc(O)c5)ccc4c3)n2C2CCCCC2)c1-c1ccc2ncccc2c1. The molecule has 3 heterocycles. The third kappa shape index (κ3) is 5.78. The van der Waals surface area contributed by atoms with Gasteiger partial charge in [0.05, 0.1) is 33.3 Å². The van der Waals surface area contributed by atoms with Gasteiger partial charge in [0.15, 0.2) is 0 Å². The first-order chi connectivity index (χ1) is 26.2. The van der Waals surface area contributed by atoms with E-state index >= 15 is 0 Å². The van der Waals surface area contributed by atoms with Crippen molar-refractivity contribution < 1.29 is 30.3 Å². The first-order valence-corrected chi connectivity index (χ1v) is 17.9. The third-order valence-corrected chi connectivity index (χ3v) is 10.4. The number of carbonyl (C=O) groups is 1. The lowest BCUT2D eigenvalue weighted by Crippen LogP contribution is -2.14. The van der Waals surface area contributed by atoms with Crippen LogP contribution in [0.1, 0.15) is 48.5 Å². The maximum Gasteiger partial charge on any atom is 0.337 e. The van der Waals surface area contributed by atoms with Crippen molar-refractivity contribution >= 4 is 38.8 Å². The molecule has 0 radical (unpaired) electrons. The van der Waals surface area contributed by atoms with Crippen LogP contribution in [0.4, 0.5) is 0 Å². The zero-order valence-electron chi connectivity index (χ0n) is 28.9. The molecule has 5 N–H and O–H groups in total.